The topological polar surface area (TPSA) is 17.1 Å². The first-order valence-electron chi connectivity index (χ1n) is 5.64. The number of hydrogen-bond acceptors (Lipinski definition) is 1. The third kappa shape index (κ3) is 1.57. The van der Waals surface area contributed by atoms with E-state index in [9.17, 15) is 9.18 Å². The van der Waals surface area contributed by atoms with Gasteiger partial charge >= 0.3 is 0 Å². The van der Waals surface area contributed by atoms with Gasteiger partial charge in [-0.05, 0) is 23.6 Å². The van der Waals surface area contributed by atoms with E-state index in [0.29, 0.717) is 6.42 Å². The van der Waals surface area contributed by atoms with Gasteiger partial charge in [0.25, 0.3) is 0 Å². The van der Waals surface area contributed by atoms with Crippen molar-refractivity contribution in [1.29, 1.82) is 0 Å². The van der Waals surface area contributed by atoms with E-state index < -0.39 is 5.82 Å². The van der Waals surface area contributed by atoms with E-state index in [2.05, 4.69) is 0 Å². The lowest BCUT2D eigenvalue weighted by Gasteiger charge is -2.07. The number of carbonyl (C=O) groups excluding carboxylic acids is 1. The van der Waals surface area contributed by atoms with Crippen LogP contribution in [0.5, 0.6) is 0 Å². The lowest BCUT2D eigenvalue weighted by atomic mass is 9.95. The average Bonchev–Trinajstić information content (AvgIpc) is 2.69. The standard InChI is InChI=1S/C15H11FO/c16-13-8-4-7-11-9-12(15(17)14(11)13)10-5-2-1-3-6-10/h1-8,12H,9H2. The number of carbonyl (C=O) groups is 1. The highest BCUT2D eigenvalue weighted by Crippen LogP contribution is 2.34. The summed E-state index contributed by atoms with van der Waals surface area (Å²) in [4.78, 5) is 12.2. The fourth-order valence-electron chi connectivity index (χ4n) is 2.46. The van der Waals surface area contributed by atoms with Gasteiger partial charge in [0.2, 0.25) is 0 Å². The molecule has 0 bridgehead atoms. The molecule has 3 rings (SSSR count). The Balaban J connectivity index is 2.06. The molecule has 0 heterocycles. The molecule has 0 aromatic heterocycles. The molecule has 0 saturated carbocycles. The quantitative estimate of drug-likeness (QED) is 0.728. The van der Waals surface area contributed by atoms with Crippen molar-refractivity contribution in [3.63, 3.8) is 0 Å². The first-order valence-corrected chi connectivity index (χ1v) is 5.64. The monoisotopic (exact) mass is 226 g/mol. The van der Waals surface area contributed by atoms with Gasteiger partial charge in [-0.2, -0.15) is 0 Å². The molecule has 0 saturated heterocycles. The summed E-state index contributed by atoms with van der Waals surface area (Å²) in [6.45, 7) is 0. The van der Waals surface area contributed by atoms with Crippen LogP contribution >= 0.6 is 0 Å². The van der Waals surface area contributed by atoms with Gasteiger partial charge in [-0.1, -0.05) is 42.5 Å². The minimum absolute atomic E-state index is 0.0932. The molecule has 0 radical (unpaired) electrons. The van der Waals surface area contributed by atoms with E-state index >= 15 is 0 Å². The van der Waals surface area contributed by atoms with Crippen molar-refractivity contribution in [3.8, 4) is 0 Å². The second-order valence-electron chi connectivity index (χ2n) is 4.31. The molecule has 1 aliphatic rings. The first-order chi connectivity index (χ1) is 8.27. The average molecular weight is 226 g/mol. The minimum Gasteiger partial charge on any atom is -0.293 e. The number of Topliss-reactive ketones (excluding diaryl/α,β-unsaturated/α-hetero) is 1. The van der Waals surface area contributed by atoms with E-state index in [-0.39, 0.29) is 17.3 Å². The number of ketones is 1. The largest absolute Gasteiger partial charge is 0.293 e. The van der Waals surface area contributed by atoms with E-state index in [4.69, 9.17) is 0 Å². The maximum atomic E-state index is 13.6. The summed E-state index contributed by atoms with van der Waals surface area (Å²) in [7, 11) is 0. The van der Waals surface area contributed by atoms with Crippen molar-refractivity contribution in [2.45, 2.75) is 12.3 Å². The Morgan fingerprint density at radius 1 is 1.00 bits per heavy atom. The van der Waals surface area contributed by atoms with Crippen molar-refractivity contribution < 1.29 is 9.18 Å². The number of halogens is 1. The number of fused-ring (bicyclic) bond motifs is 1. The van der Waals surface area contributed by atoms with Crippen molar-refractivity contribution in [2.75, 3.05) is 0 Å². The Morgan fingerprint density at radius 3 is 2.47 bits per heavy atom. The zero-order chi connectivity index (χ0) is 11.8. The normalized spacial score (nSPS) is 18.2. The Labute approximate surface area is 98.9 Å². The van der Waals surface area contributed by atoms with Gasteiger partial charge in [0.15, 0.2) is 5.78 Å². The first kappa shape index (κ1) is 10.2. The van der Waals surface area contributed by atoms with Gasteiger partial charge in [-0.25, -0.2) is 4.39 Å². The molecule has 2 aromatic rings. The second-order valence-corrected chi connectivity index (χ2v) is 4.31. The molecule has 1 atom stereocenters. The fourth-order valence-corrected chi connectivity index (χ4v) is 2.46. The second kappa shape index (κ2) is 3.81. The summed E-state index contributed by atoms with van der Waals surface area (Å²) < 4.78 is 13.6. The highest BCUT2D eigenvalue weighted by Gasteiger charge is 2.33. The molecule has 1 aliphatic carbocycles. The van der Waals surface area contributed by atoms with Crippen LogP contribution in [0.1, 0.15) is 27.4 Å². The van der Waals surface area contributed by atoms with Crippen LogP contribution in [0.3, 0.4) is 0 Å². The highest BCUT2D eigenvalue weighted by atomic mass is 19.1. The molecule has 0 amide bonds. The van der Waals surface area contributed by atoms with Crippen LogP contribution in [-0.4, -0.2) is 5.78 Å². The molecule has 0 aliphatic heterocycles. The highest BCUT2D eigenvalue weighted by molar-refractivity contribution is 6.05. The molecule has 0 fully saturated rings. The van der Waals surface area contributed by atoms with Gasteiger partial charge in [0.1, 0.15) is 5.82 Å². The molecule has 17 heavy (non-hydrogen) atoms. The molecule has 2 heteroatoms. The molecule has 2 aromatic carbocycles. The number of hydrogen-bond donors (Lipinski definition) is 0. The van der Waals surface area contributed by atoms with E-state index in [1.807, 2.05) is 36.4 Å². The SMILES string of the molecule is O=C1c2c(F)cccc2CC1c1ccccc1. The van der Waals surface area contributed by atoms with Crippen LogP contribution in [0, 0.1) is 5.82 Å². The van der Waals surface area contributed by atoms with E-state index in [0.717, 1.165) is 11.1 Å². The Bertz CT molecular complexity index is 575. The van der Waals surface area contributed by atoms with Crippen molar-refractivity contribution in [1.82, 2.24) is 0 Å². The zero-order valence-corrected chi connectivity index (χ0v) is 9.19. The minimum atomic E-state index is -0.397. The van der Waals surface area contributed by atoms with E-state index in [1.165, 1.54) is 6.07 Å². The maximum Gasteiger partial charge on any atom is 0.173 e. The van der Waals surface area contributed by atoms with Crippen LogP contribution in [0.15, 0.2) is 48.5 Å². The lowest BCUT2D eigenvalue weighted by Crippen LogP contribution is -2.07. The van der Waals surface area contributed by atoms with Crippen LogP contribution in [0.2, 0.25) is 0 Å². The third-order valence-corrected chi connectivity index (χ3v) is 3.29. The van der Waals surface area contributed by atoms with Crippen molar-refractivity contribution in [2.24, 2.45) is 0 Å². The Hall–Kier alpha value is -1.96. The van der Waals surface area contributed by atoms with Gasteiger partial charge in [0, 0.05) is 0 Å². The summed E-state index contributed by atoms with van der Waals surface area (Å²) in [6, 6.07) is 14.4. The molecular weight excluding hydrogens is 215 g/mol. The summed E-state index contributed by atoms with van der Waals surface area (Å²) in [6.07, 6.45) is 0.607. The van der Waals surface area contributed by atoms with Crippen LogP contribution in [0.25, 0.3) is 0 Å². The Kier molecular flexibility index (Phi) is 2.29. The summed E-state index contributed by atoms with van der Waals surface area (Å²) in [5.41, 5.74) is 2.07. The van der Waals surface area contributed by atoms with Gasteiger partial charge in [0.05, 0.1) is 11.5 Å². The number of benzene rings is 2. The van der Waals surface area contributed by atoms with Crippen LogP contribution < -0.4 is 0 Å². The molecule has 0 spiro atoms. The zero-order valence-electron chi connectivity index (χ0n) is 9.19. The Morgan fingerprint density at radius 2 is 1.76 bits per heavy atom. The smallest absolute Gasteiger partial charge is 0.173 e. The summed E-state index contributed by atoms with van der Waals surface area (Å²) in [5, 5.41) is 0. The lowest BCUT2D eigenvalue weighted by molar-refractivity contribution is 0.0969. The molecule has 84 valence electrons. The van der Waals surface area contributed by atoms with Crippen molar-refractivity contribution >= 4 is 5.78 Å². The van der Waals surface area contributed by atoms with Crippen LogP contribution in [0.4, 0.5) is 4.39 Å². The summed E-state index contributed by atoms with van der Waals surface area (Å²) >= 11 is 0. The van der Waals surface area contributed by atoms with Crippen molar-refractivity contribution in [3.05, 3.63) is 71.0 Å². The van der Waals surface area contributed by atoms with Gasteiger partial charge < -0.3 is 0 Å². The third-order valence-electron chi connectivity index (χ3n) is 3.29. The maximum absolute atomic E-state index is 13.6. The fraction of sp³-hybridized carbons (Fsp3) is 0.133. The molecular formula is C15H11FO. The molecule has 1 nitrogen and oxygen atoms in total. The molecule has 0 N–H and O–H groups in total. The van der Waals surface area contributed by atoms with Crippen LogP contribution in [-0.2, 0) is 6.42 Å². The number of rotatable bonds is 1. The van der Waals surface area contributed by atoms with Gasteiger partial charge in [-0.15, -0.1) is 0 Å². The van der Waals surface area contributed by atoms with Gasteiger partial charge in [-0.3, -0.25) is 4.79 Å². The van der Waals surface area contributed by atoms with E-state index in [1.54, 1.807) is 6.07 Å². The predicted molar refractivity (Wildman–Crippen MR) is 63.6 cm³/mol. The predicted octanol–water partition coefficient (Wildman–Crippen LogP) is 3.35. The summed E-state index contributed by atoms with van der Waals surface area (Å²) in [5.74, 6) is -0.710. The molecule has 1 unspecified atom stereocenters.